The molecule has 132 heavy (non-hydrogen) atoms. The molecule has 2 aromatic heterocycles. The van der Waals surface area contributed by atoms with Crippen LogP contribution < -0.4 is 81.4 Å². The van der Waals surface area contributed by atoms with E-state index in [0.29, 0.717) is 36.8 Å². The van der Waals surface area contributed by atoms with Crippen LogP contribution in [0.4, 0.5) is 0 Å². The average Bonchev–Trinajstić information content (AvgIpc) is 1.65. The molecule has 2 aliphatic rings. The molecule has 0 radical (unpaired) electrons. The second kappa shape index (κ2) is 58.1. The van der Waals surface area contributed by atoms with Crippen LogP contribution in [-0.2, 0) is 107 Å². The van der Waals surface area contributed by atoms with Gasteiger partial charge >= 0.3 is 17.9 Å². The summed E-state index contributed by atoms with van der Waals surface area (Å²) in [6, 6.07) is -1.31. The molecule has 0 aliphatic carbocycles. The average molecular weight is 1870 g/mol. The molecule has 44 heteroatoms. The molecular formula is C88H135N21O22S. The van der Waals surface area contributed by atoms with Gasteiger partial charge in [0, 0.05) is 107 Å². The third-order valence-electron chi connectivity index (χ3n) is 22.6. The Balaban J connectivity index is 0.908. The number of carbonyl (C=O) groups excluding carboxylic acids is 14. The summed E-state index contributed by atoms with van der Waals surface area (Å²) in [4.78, 5) is 231. The summed E-state index contributed by atoms with van der Waals surface area (Å²) in [6.45, 7) is 2.45. The Morgan fingerprint density at radius 1 is 0.568 bits per heavy atom. The van der Waals surface area contributed by atoms with Crippen LogP contribution in [-0.4, -0.2) is 286 Å². The van der Waals surface area contributed by atoms with Crippen LogP contribution in [0.3, 0.4) is 0 Å². The smallest absolute Gasteiger partial charge is 0.326 e. The minimum atomic E-state index is -1.54. The van der Waals surface area contributed by atoms with Gasteiger partial charge < -0.3 is 122 Å². The zero-order chi connectivity index (χ0) is 96.8. The van der Waals surface area contributed by atoms with Gasteiger partial charge in [-0.25, -0.2) is 9.59 Å². The van der Waals surface area contributed by atoms with Crippen molar-refractivity contribution in [2.24, 2.45) is 28.9 Å². The van der Waals surface area contributed by atoms with Crippen molar-refractivity contribution in [2.75, 3.05) is 57.8 Å². The second-order valence-corrected chi connectivity index (χ2v) is 35.0. The maximum absolute atomic E-state index is 14.7. The van der Waals surface area contributed by atoms with Crippen LogP contribution in [0.15, 0.2) is 60.9 Å². The van der Waals surface area contributed by atoms with Crippen molar-refractivity contribution < 1.29 is 107 Å². The molecule has 25 N–H and O–H groups in total. The van der Waals surface area contributed by atoms with E-state index < -0.39 is 186 Å². The number of fused-ring (bicyclic) bond motifs is 1. The number of unbranched alkanes of at least 4 members (excludes halogenated alkanes) is 15. The van der Waals surface area contributed by atoms with Gasteiger partial charge in [-0.05, 0) is 107 Å². The number of likely N-dealkylation sites (N-methyl/N-ethyl adjacent to an activating group) is 1. The van der Waals surface area contributed by atoms with E-state index in [4.69, 9.17) is 28.0 Å². The number of aliphatic carboxylic acids is 3. The number of aromatic hydroxyl groups is 1. The van der Waals surface area contributed by atoms with Gasteiger partial charge in [0.2, 0.25) is 82.7 Å². The number of thioether (sulfide) groups is 1. The first kappa shape index (κ1) is 109. The highest BCUT2D eigenvalue weighted by Gasteiger charge is 2.45. The van der Waals surface area contributed by atoms with Crippen molar-refractivity contribution >= 4 is 123 Å². The van der Waals surface area contributed by atoms with E-state index in [1.807, 2.05) is 18.2 Å². The van der Waals surface area contributed by atoms with E-state index in [0.717, 1.165) is 98.2 Å². The van der Waals surface area contributed by atoms with Gasteiger partial charge in [-0.3, -0.25) is 76.6 Å². The maximum atomic E-state index is 14.7. The van der Waals surface area contributed by atoms with Gasteiger partial charge in [0.1, 0.15) is 66.2 Å². The largest absolute Gasteiger partial charge is 0.508 e. The number of hydrogen-bond acceptors (Lipinski definition) is 25. The van der Waals surface area contributed by atoms with Crippen LogP contribution in [0.1, 0.15) is 204 Å². The number of carboxylic acid groups (broad SMARTS) is 3. The Bertz CT molecular complexity index is 4480. The van der Waals surface area contributed by atoms with Crippen LogP contribution in [0, 0.1) is 5.92 Å². The molecule has 43 nitrogen and oxygen atoms in total. The number of benzene rings is 2. The van der Waals surface area contributed by atoms with Gasteiger partial charge in [0.15, 0.2) is 0 Å². The summed E-state index contributed by atoms with van der Waals surface area (Å²) in [6.07, 6.45) is 16.3. The number of primary amides is 2. The van der Waals surface area contributed by atoms with Crippen molar-refractivity contribution in [3.63, 3.8) is 0 Å². The van der Waals surface area contributed by atoms with Gasteiger partial charge in [-0.2, -0.15) is 0 Å². The first-order chi connectivity index (χ1) is 63.0. The van der Waals surface area contributed by atoms with E-state index in [1.165, 1.54) is 47.8 Å². The number of nitrogens with one attached hydrogen (secondary N) is 12. The number of phenolic OH excluding ortho intramolecular Hbond substituents is 1. The molecule has 4 heterocycles. The number of amides is 14. The molecule has 0 bridgehead atoms. The van der Waals surface area contributed by atoms with Gasteiger partial charge in [0.25, 0.3) is 0 Å². The Morgan fingerprint density at radius 2 is 1.13 bits per heavy atom. The first-order valence-corrected chi connectivity index (χ1v) is 46.6. The molecule has 0 unspecified atom stereocenters. The lowest BCUT2D eigenvalue weighted by molar-refractivity contribution is -0.144. The quantitative estimate of drug-likeness (QED) is 0.0237. The lowest BCUT2D eigenvalue weighted by Crippen LogP contribution is -2.61. The SMILES string of the molecule is CNC[C@H](NC(=O)[C@@H]1CCCN1C(=O)[C@H](CC(N)=O)NC(=O)CCCCCNC(=O)[C@H](Cc1ccc(O)cc1)NC(=O)CSC[C@H](N)C(=O)NCC(=O)N[C@@H](Cc1cn(CC[C@H](NC(=O)CCCCCCCCCCCCCCCCC(=O)O)C(=O)O)nn1)C(=O)O)C(=O)N[C@@H](CC(C)C)C(=O)N1C[C@H](O)C[C@H]1C(=O)N[C@@H](Cc1c[nH]c2ccccc12)C(=O)N[C@@H](CCN)C(N)=O. The first-order valence-electron chi connectivity index (χ1n) is 45.4. The summed E-state index contributed by atoms with van der Waals surface area (Å²) >= 11 is 0.934. The van der Waals surface area contributed by atoms with E-state index >= 15 is 0 Å². The number of nitrogens with two attached hydrogens (primary N) is 4. The number of H-pyrrole nitrogens is 1. The standard InChI is InChI=1S/C88H135N21O22S/c1-53(2)40-66(86(127)109-50-58(111)44-71(109)84(125)102-65(81(122)101-62(34-36-89)78(92)119)42-55-46-95-61-25-21-20-24-59(55)61)103-82(123)69(47-93-3)104-83(124)70-26-23-38-108(70)85(126)67(45-72(91)112)99-74(114)28-18-16-22-37-94-80(121)64(41-54-30-32-57(110)33-31-54)98-76(116)52-132-51-60(90)79(120)96-48-75(115)100-68(88(130)131)43-56-49-107(106-105-56)39-35-63(87(128)129)97-73(113)27-17-14-12-10-8-6-4-5-7-9-11-13-15-19-29-77(117)118/h20-21,24-25,30-33,46,49,53,58,60,62-71,93,95,110-111H,4-19,22-23,26-29,34-45,47-48,50-52,89-90H2,1-3H3,(H2,91,112)(H2,92,119)(H,94,121)(H,96,120)(H,97,113)(H,98,116)(H,99,114)(H,100,115)(H,101,122)(H,102,125)(H,103,123)(H,104,124)(H,117,118)(H,128,129)(H,130,131)/t58-,60+,62+,63+,64+,65+,66+,67+,68+,69+,70+,71+/m1/s1. The third-order valence-corrected chi connectivity index (χ3v) is 23.7. The number of carbonyl (C=O) groups is 17. The highest BCUT2D eigenvalue weighted by atomic mass is 32.2. The van der Waals surface area contributed by atoms with Crippen LogP contribution in [0.2, 0.25) is 0 Å². The van der Waals surface area contributed by atoms with Crippen molar-refractivity contribution in [3.8, 4) is 5.75 Å². The second-order valence-electron chi connectivity index (χ2n) is 34.0. The molecule has 2 aromatic carbocycles. The molecule has 2 aliphatic heterocycles. The van der Waals surface area contributed by atoms with Crippen LogP contribution in [0.25, 0.3) is 10.9 Å². The minimum absolute atomic E-state index is 0.00121. The van der Waals surface area contributed by atoms with Crippen molar-refractivity contribution in [2.45, 2.75) is 286 Å². The van der Waals surface area contributed by atoms with Gasteiger partial charge in [-0.1, -0.05) is 133 Å². The third kappa shape index (κ3) is 39.3. The van der Waals surface area contributed by atoms with Crippen LogP contribution >= 0.6 is 11.8 Å². The van der Waals surface area contributed by atoms with E-state index in [9.17, 15) is 102 Å². The van der Waals surface area contributed by atoms with E-state index in [2.05, 4.69) is 73.8 Å². The van der Waals surface area contributed by atoms with Gasteiger partial charge in [0.05, 0.1) is 36.6 Å². The number of likely N-dealkylation sites (tertiary alicyclic amines) is 2. The van der Waals surface area contributed by atoms with Crippen LogP contribution in [0.5, 0.6) is 5.75 Å². The molecule has 0 saturated carbocycles. The number of aryl methyl sites for hydroxylation is 1. The predicted molar refractivity (Wildman–Crippen MR) is 485 cm³/mol. The van der Waals surface area contributed by atoms with E-state index in [1.54, 1.807) is 38.2 Å². The number of rotatable bonds is 65. The highest BCUT2D eigenvalue weighted by Crippen LogP contribution is 2.26. The number of aromatic nitrogens is 4. The summed E-state index contributed by atoms with van der Waals surface area (Å²) in [5, 5.41) is 86.9. The maximum Gasteiger partial charge on any atom is 0.326 e. The molecule has 4 aromatic rings. The number of hydrogen-bond donors (Lipinski definition) is 21. The zero-order valence-electron chi connectivity index (χ0n) is 75.5. The fourth-order valence-corrected chi connectivity index (χ4v) is 16.4. The van der Waals surface area contributed by atoms with Crippen molar-refractivity contribution in [1.82, 2.24) is 88.3 Å². The number of aromatic amines is 1. The number of phenols is 1. The number of aliphatic hydroxyl groups is 1. The monoisotopic (exact) mass is 1870 g/mol. The number of para-hydroxylation sites is 1. The topological polar surface area (TPSA) is 681 Å². The minimum Gasteiger partial charge on any atom is -0.508 e. The Hall–Kier alpha value is -11.9. The summed E-state index contributed by atoms with van der Waals surface area (Å²) in [5.74, 6) is -14.7. The molecule has 730 valence electrons. The van der Waals surface area contributed by atoms with Crippen molar-refractivity contribution in [1.29, 1.82) is 0 Å². The molecule has 2 saturated heterocycles. The Labute approximate surface area is 770 Å². The predicted octanol–water partition coefficient (Wildman–Crippen LogP) is -0.962. The molecule has 2 fully saturated rings. The summed E-state index contributed by atoms with van der Waals surface area (Å²) in [7, 11) is 1.51. The normalized spacial score (nSPS) is 16.2. The molecule has 12 atom stereocenters. The lowest BCUT2D eigenvalue weighted by atomic mass is 10.0. The Kier molecular flexibility index (Phi) is 47.9. The molecule has 0 spiro atoms. The fraction of sp³-hybridized carbons (Fsp3) is 0.625. The van der Waals surface area contributed by atoms with Crippen molar-refractivity contribution in [3.05, 3.63) is 77.7 Å². The molecular weight excluding hydrogens is 1740 g/mol. The molecule has 14 amide bonds. The number of nitrogens with zero attached hydrogens (tertiary/aromatic N) is 5. The summed E-state index contributed by atoms with van der Waals surface area (Å²) in [5.41, 5.74) is 25.0. The fourth-order valence-electron chi connectivity index (χ4n) is 15.6. The lowest BCUT2D eigenvalue weighted by Gasteiger charge is -2.32. The van der Waals surface area contributed by atoms with E-state index in [-0.39, 0.29) is 145 Å². The highest BCUT2D eigenvalue weighted by molar-refractivity contribution is 8.00. The number of carboxylic acids is 3. The van der Waals surface area contributed by atoms with Gasteiger partial charge in [-0.15, -0.1) is 16.9 Å². The number of aliphatic hydroxyl groups excluding tert-OH is 1. The molecule has 6 rings (SSSR count). The Morgan fingerprint density at radius 3 is 1.73 bits per heavy atom. The zero-order valence-corrected chi connectivity index (χ0v) is 76.3. The summed E-state index contributed by atoms with van der Waals surface area (Å²) < 4.78 is 1.28. The number of β-amino-alcohol motifs (C(OH)–C–C–N with tert-alkyl or cyclic N) is 1.